The molecule has 1 aliphatic rings. The van der Waals surface area contributed by atoms with Gasteiger partial charge in [0.05, 0.1) is 5.75 Å². The number of hydrogen-bond acceptors (Lipinski definition) is 5. The van der Waals surface area contributed by atoms with Gasteiger partial charge in [0.2, 0.25) is 10.0 Å². The van der Waals surface area contributed by atoms with Crippen LogP contribution >= 0.6 is 11.3 Å². The number of carbonyl (C=O) groups excluding carboxylic acids is 1. The molecular formula is C12H20N4O3S2. The van der Waals surface area contributed by atoms with Crippen LogP contribution in [0.3, 0.4) is 0 Å². The van der Waals surface area contributed by atoms with Crippen molar-refractivity contribution in [3.8, 4) is 0 Å². The highest BCUT2D eigenvalue weighted by molar-refractivity contribution is 7.89. The van der Waals surface area contributed by atoms with Gasteiger partial charge in [0, 0.05) is 24.2 Å². The molecule has 3 N–H and O–H groups in total. The second kappa shape index (κ2) is 6.71. The second-order valence-electron chi connectivity index (χ2n) is 5.20. The van der Waals surface area contributed by atoms with E-state index >= 15 is 0 Å². The molecule has 0 aliphatic carbocycles. The molecule has 0 unspecified atom stereocenters. The number of nitrogens with one attached hydrogen (secondary N) is 1. The number of piperidine rings is 1. The zero-order valence-corrected chi connectivity index (χ0v) is 13.5. The summed E-state index contributed by atoms with van der Waals surface area (Å²) in [6.45, 7) is 3.06. The molecular weight excluding hydrogens is 312 g/mol. The summed E-state index contributed by atoms with van der Waals surface area (Å²) in [5.74, 6) is -0.171. The van der Waals surface area contributed by atoms with Crippen LogP contribution < -0.4 is 10.5 Å². The Hall–Kier alpha value is -1.19. The Morgan fingerprint density at radius 1 is 1.62 bits per heavy atom. The SMILES string of the molecule is CCc1cnc(NC(=O)N2CCC[C@H](CS(N)(=O)=O)C2)s1. The smallest absolute Gasteiger partial charge is 0.323 e. The number of sulfonamides is 1. The lowest BCUT2D eigenvalue weighted by Gasteiger charge is -2.32. The molecule has 118 valence electrons. The number of carbonyl (C=O) groups is 1. The number of primary sulfonamides is 1. The van der Waals surface area contributed by atoms with Gasteiger partial charge in [-0.05, 0) is 25.2 Å². The summed E-state index contributed by atoms with van der Waals surface area (Å²) in [6.07, 6.45) is 4.19. The van der Waals surface area contributed by atoms with Crippen molar-refractivity contribution in [3.05, 3.63) is 11.1 Å². The van der Waals surface area contributed by atoms with E-state index in [1.54, 1.807) is 11.1 Å². The summed E-state index contributed by atoms with van der Waals surface area (Å²) in [5.41, 5.74) is 0. The molecule has 9 heteroatoms. The van der Waals surface area contributed by atoms with Crippen molar-refractivity contribution in [1.29, 1.82) is 0 Å². The van der Waals surface area contributed by atoms with Crippen LogP contribution in [-0.2, 0) is 16.4 Å². The number of anilines is 1. The van der Waals surface area contributed by atoms with Crippen molar-refractivity contribution in [3.63, 3.8) is 0 Å². The maximum Gasteiger partial charge on any atom is 0.323 e. The number of rotatable bonds is 4. The first kappa shape index (κ1) is 16.2. The monoisotopic (exact) mass is 332 g/mol. The summed E-state index contributed by atoms with van der Waals surface area (Å²) < 4.78 is 22.3. The van der Waals surface area contributed by atoms with E-state index in [1.165, 1.54) is 11.3 Å². The summed E-state index contributed by atoms with van der Waals surface area (Å²) in [7, 11) is -3.50. The molecule has 0 radical (unpaired) electrons. The van der Waals surface area contributed by atoms with E-state index < -0.39 is 10.0 Å². The fourth-order valence-electron chi connectivity index (χ4n) is 2.41. The van der Waals surface area contributed by atoms with Crippen molar-refractivity contribution >= 4 is 32.5 Å². The van der Waals surface area contributed by atoms with Gasteiger partial charge >= 0.3 is 6.03 Å². The Morgan fingerprint density at radius 2 is 2.38 bits per heavy atom. The summed E-state index contributed by atoms with van der Waals surface area (Å²) in [6, 6.07) is -0.230. The molecule has 1 aromatic heterocycles. The Kier molecular flexibility index (Phi) is 5.17. The average Bonchev–Trinajstić information content (AvgIpc) is 2.84. The van der Waals surface area contributed by atoms with Gasteiger partial charge in [-0.2, -0.15) is 0 Å². The first-order valence-electron chi connectivity index (χ1n) is 6.88. The fourth-order valence-corrected chi connectivity index (χ4v) is 4.08. The third-order valence-electron chi connectivity index (χ3n) is 3.39. The normalized spacial score (nSPS) is 19.5. The van der Waals surface area contributed by atoms with Crippen molar-refractivity contribution < 1.29 is 13.2 Å². The number of amides is 2. The van der Waals surface area contributed by atoms with Crippen LogP contribution in [0.5, 0.6) is 0 Å². The van der Waals surface area contributed by atoms with Crippen molar-refractivity contribution in [2.24, 2.45) is 11.1 Å². The molecule has 0 spiro atoms. The van der Waals surface area contributed by atoms with Crippen LogP contribution in [0.25, 0.3) is 0 Å². The number of nitrogens with two attached hydrogens (primary N) is 1. The van der Waals surface area contributed by atoms with Crippen LogP contribution in [0.15, 0.2) is 6.20 Å². The maximum atomic E-state index is 12.2. The maximum absolute atomic E-state index is 12.2. The number of aryl methyl sites for hydroxylation is 1. The Labute approximate surface area is 128 Å². The average molecular weight is 332 g/mol. The van der Waals surface area contributed by atoms with Gasteiger partial charge in [0.25, 0.3) is 0 Å². The van der Waals surface area contributed by atoms with Gasteiger partial charge in [-0.25, -0.2) is 23.3 Å². The Balaban J connectivity index is 1.92. The molecule has 21 heavy (non-hydrogen) atoms. The minimum absolute atomic E-state index is 0.0754. The lowest BCUT2D eigenvalue weighted by atomic mass is 10.0. The fraction of sp³-hybridized carbons (Fsp3) is 0.667. The van der Waals surface area contributed by atoms with Crippen molar-refractivity contribution in [2.75, 3.05) is 24.2 Å². The zero-order chi connectivity index (χ0) is 15.5. The predicted octanol–water partition coefficient (Wildman–Crippen LogP) is 1.24. The highest BCUT2D eigenvalue weighted by atomic mass is 32.2. The highest BCUT2D eigenvalue weighted by Crippen LogP contribution is 2.21. The number of nitrogens with zero attached hydrogens (tertiary/aromatic N) is 2. The van der Waals surface area contributed by atoms with Gasteiger partial charge in [-0.1, -0.05) is 6.92 Å². The van der Waals surface area contributed by atoms with E-state index in [-0.39, 0.29) is 17.7 Å². The van der Waals surface area contributed by atoms with E-state index in [9.17, 15) is 13.2 Å². The molecule has 2 heterocycles. The minimum atomic E-state index is -3.50. The molecule has 1 aliphatic heterocycles. The lowest BCUT2D eigenvalue weighted by Crippen LogP contribution is -2.44. The molecule has 2 rings (SSSR count). The Morgan fingerprint density at radius 3 is 3.00 bits per heavy atom. The quantitative estimate of drug-likeness (QED) is 0.865. The van der Waals surface area contributed by atoms with Gasteiger partial charge in [-0.3, -0.25) is 5.32 Å². The number of urea groups is 1. The molecule has 1 fully saturated rings. The van der Waals surface area contributed by atoms with E-state index in [1.807, 2.05) is 6.92 Å². The van der Waals surface area contributed by atoms with Crippen molar-refractivity contribution in [1.82, 2.24) is 9.88 Å². The van der Waals surface area contributed by atoms with E-state index in [4.69, 9.17) is 5.14 Å². The molecule has 7 nitrogen and oxygen atoms in total. The van der Waals surface area contributed by atoms with E-state index in [0.717, 1.165) is 24.1 Å². The highest BCUT2D eigenvalue weighted by Gasteiger charge is 2.26. The van der Waals surface area contributed by atoms with Crippen LogP contribution in [0.2, 0.25) is 0 Å². The molecule has 0 aromatic carbocycles. The first-order chi connectivity index (χ1) is 9.87. The van der Waals surface area contributed by atoms with Crippen LogP contribution in [-0.4, -0.2) is 43.2 Å². The van der Waals surface area contributed by atoms with Gasteiger partial charge in [0.1, 0.15) is 0 Å². The molecule has 0 bridgehead atoms. The van der Waals surface area contributed by atoms with E-state index in [0.29, 0.717) is 18.2 Å². The van der Waals surface area contributed by atoms with Gasteiger partial charge in [0.15, 0.2) is 5.13 Å². The summed E-state index contributed by atoms with van der Waals surface area (Å²) in [4.78, 5) is 19.1. The van der Waals surface area contributed by atoms with Crippen LogP contribution in [0.4, 0.5) is 9.93 Å². The predicted molar refractivity (Wildman–Crippen MR) is 82.8 cm³/mol. The van der Waals surface area contributed by atoms with Crippen LogP contribution in [0.1, 0.15) is 24.6 Å². The van der Waals surface area contributed by atoms with Gasteiger partial charge < -0.3 is 4.90 Å². The molecule has 0 saturated carbocycles. The van der Waals surface area contributed by atoms with Crippen LogP contribution in [0, 0.1) is 5.92 Å². The number of aromatic nitrogens is 1. The summed E-state index contributed by atoms with van der Waals surface area (Å²) in [5, 5.41) is 8.41. The largest absolute Gasteiger partial charge is 0.324 e. The standard InChI is InChI=1S/C12H20N4O3S2/c1-2-10-6-14-11(20-10)15-12(17)16-5-3-4-9(7-16)8-21(13,18)19/h6,9H,2-5,7-8H2,1H3,(H2,13,18,19)(H,14,15,17)/t9-/m0/s1. The van der Waals surface area contributed by atoms with E-state index in [2.05, 4.69) is 10.3 Å². The molecule has 2 amide bonds. The number of thiazole rings is 1. The number of likely N-dealkylation sites (tertiary alicyclic amines) is 1. The summed E-state index contributed by atoms with van der Waals surface area (Å²) >= 11 is 1.45. The zero-order valence-electron chi connectivity index (χ0n) is 11.9. The third-order valence-corrected chi connectivity index (χ3v) is 5.38. The minimum Gasteiger partial charge on any atom is -0.324 e. The molecule has 1 atom stereocenters. The first-order valence-corrected chi connectivity index (χ1v) is 9.41. The van der Waals surface area contributed by atoms with Crippen molar-refractivity contribution in [2.45, 2.75) is 26.2 Å². The number of hydrogen-bond donors (Lipinski definition) is 2. The third kappa shape index (κ3) is 4.94. The molecule has 1 aromatic rings. The molecule has 1 saturated heterocycles. The second-order valence-corrected chi connectivity index (χ2v) is 7.97. The lowest BCUT2D eigenvalue weighted by molar-refractivity contribution is 0.183. The van der Waals surface area contributed by atoms with Gasteiger partial charge in [-0.15, -0.1) is 11.3 Å². The topological polar surface area (TPSA) is 105 Å². The Bertz CT molecular complexity index is 599.